The SMILES string of the molecule is C=CC[S][Sb]([S]CC=C)([S]CC=C)([S]C1CCS1)[S]C1CCS1. The quantitative estimate of drug-likeness (QED) is 0.176. The van der Waals surface area contributed by atoms with Gasteiger partial charge in [0, 0.05) is 0 Å². The van der Waals surface area contributed by atoms with Gasteiger partial charge in [-0.3, -0.25) is 0 Å². The van der Waals surface area contributed by atoms with Gasteiger partial charge in [-0.2, -0.15) is 0 Å². The molecule has 2 aliphatic heterocycles. The number of hydrogen-bond donors (Lipinski definition) is 0. The Morgan fingerprint density at radius 1 is 0.783 bits per heavy atom. The van der Waals surface area contributed by atoms with Crippen LogP contribution in [0.5, 0.6) is 0 Å². The van der Waals surface area contributed by atoms with Crippen LogP contribution in [0, 0.1) is 0 Å². The fourth-order valence-electron chi connectivity index (χ4n) is 1.82. The molecule has 0 aliphatic carbocycles. The molecule has 0 amide bonds. The van der Waals surface area contributed by atoms with Crippen molar-refractivity contribution in [2.24, 2.45) is 0 Å². The van der Waals surface area contributed by atoms with Crippen molar-refractivity contribution in [2.75, 3.05) is 28.8 Å². The van der Waals surface area contributed by atoms with Crippen LogP contribution in [0.2, 0.25) is 0 Å². The normalized spacial score (nSPS) is 25.5. The second-order valence-corrected chi connectivity index (χ2v) is 65.9. The molecule has 132 valence electrons. The molecule has 8 heteroatoms. The van der Waals surface area contributed by atoms with E-state index in [0.717, 1.165) is 26.4 Å². The third kappa shape index (κ3) is 6.26. The van der Waals surface area contributed by atoms with Gasteiger partial charge in [-0.1, -0.05) is 0 Å². The molecule has 2 fully saturated rings. The molecule has 2 saturated heterocycles. The summed E-state index contributed by atoms with van der Waals surface area (Å²) < 4.78 is 1.61. The third-order valence-electron chi connectivity index (χ3n) is 3.10. The van der Waals surface area contributed by atoms with E-state index in [2.05, 4.69) is 106 Å². The summed E-state index contributed by atoms with van der Waals surface area (Å²) in [6.07, 6.45) is 9.06. The van der Waals surface area contributed by atoms with E-state index in [1.165, 1.54) is 24.3 Å². The van der Waals surface area contributed by atoms with Gasteiger partial charge in [-0.05, 0) is 0 Å². The first kappa shape index (κ1) is 21.8. The topological polar surface area (TPSA) is 0 Å². The van der Waals surface area contributed by atoms with Crippen molar-refractivity contribution in [3.05, 3.63) is 38.0 Å². The molecule has 0 spiro atoms. The van der Waals surface area contributed by atoms with Gasteiger partial charge < -0.3 is 0 Å². The van der Waals surface area contributed by atoms with Crippen LogP contribution in [0.1, 0.15) is 12.8 Å². The van der Waals surface area contributed by atoms with E-state index in [1.807, 2.05) is 0 Å². The van der Waals surface area contributed by atoms with Crippen LogP contribution in [-0.2, 0) is 0 Å². The van der Waals surface area contributed by atoms with Crippen molar-refractivity contribution in [1.82, 2.24) is 0 Å². The van der Waals surface area contributed by atoms with Gasteiger partial charge in [0.2, 0.25) is 0 Å². The van der Waals surface area contributed by atoms with Gasteiger partial charge in [-0.25, -0.2) is 0 Å². The van der Waals surface area contributed by atoms with Crippen molar-refractivity contribution >= 4 is 78.2 Å². The Kier molecular flexibility index (Phi) is 10.2. The minimum absolute atomic E-state index is 0.807. The molecule has 0 aromatic rings. The molecule has 2 unspecified atom stereocenters. The zero-order valence-corrected chi connectivity index (χ0v) is 21.5. The molecule has 0 bridgehead atoms. The first-order valence-electron chi connectivity index (χ1n) is 7.57. The monoisotopic (exact) mass is 550 g/mol. The van der Waals surface area contributed by atoms with Gasteiger partial charge in [0.1, 0.15) is 0 Å². The zero-order chi connectivity index (χ0) is 16.6. The number of thioether (sulfide) groups is 2. The van der Waals surface area contributed by atoms with Crippen LogP contribution in [0.4, 0.5) is 0 Å². The van der Waals surface area contributed by atoms with Crippen LogP contribution in [0.15, 0.2) is 38.0 Å². The predicted octanol–water partition coefficient (Wildman–Crippen LogP) is 7.02. The maximum atomic E-state index is 4.01. The van der Waals surface area contributed by atoms with Crippen molar-refractivity contribution < 1.29 is 0 Å². The van der Waals surface area contributed by atoms with Crippen LogP contribution in [0.25, 0.3) is 0 Å². The molecule has 2 heterocycles. The second-order valence-electron chi connectivity index (χ2n) is 4.89. The van der Waals surface area contributed by atoms with E-state index in [-0.39, 0.29) is 0 Å². The summed E-state index contributed by atoms with van der Waals surface area (Å²) in [6, 6.07) is 0. The van der Waals surface area contributed by atoms with Gasteiger partial charge in [-0.15, -0.1) is 0 Å². The molecular formula is C15H25S7Sb. The molecule has 0 radical (unpaired) electrons. The Labute approximate surface area is 164 Å². The molecule has 2 rings (SSSR count). The van der Waals surface area contributed by atoms with Crippen LogP contribution >= 0.6 is 67.8 Å². The Morgan fingerprint density at radius 3 is 1.35 bits per heavy atom. The summed E-state index contributed by atoms with van der Waals surface area (Å²) in [5, 5.41) is 0. The predicted molar refractivity (Wildman–Crippen MR) is 131 cm³/mol. The minimum atomic E-state index is -3.12. The van der Waals surface area contributed by atoms with Crippen LogP contribution < -0.4 is 0 Å². The van der Waals surface area contributed by atoms with E-state index in [0.29, 0.717) is 0 Å². The summed E-state index contributed by atoms with van der Waals surface area (Å²) in [7, 11) is 8.44. The fourth-order valence-corrected chi connectivity index (χ4v) is 92.9. The van der Waals surface area contributed by atoms with Crippen LogP contribution in [0.3, 0.4) is 0 Å². The summed E-state index contributed by atoms with van der Waals surface area (Å²) in [6.45, 7) is 12.0. The standard InChI is InChI=1S/2C3H6S2.3C3H6S.Sb/c2*4-3-1-2-5-3;3*1-2-3-4;/h2*3-4H,1-2H2;3*2,4H,1,3H2;/q;;;;;+5/p-5. The first-order chi connectivity index (χ1) is 11.2. The van der Waals surface area contributed by atoms with E-state index in [1.54, 1.807) is 0 Å². The molecule has 0 nitrogen and oxygen atoms in total. The molecule has 0 aromatic heterocycles. The van der Waals surface area contributed by atoms with E-state index in [4.69, 9.17) is 0 Å². The Bertz CT molecular complexity index is 366. The number of hydrogen-bond acceptors (Lipinski definition) is 7. The zero-order valence-electron chi connectivity index (χ0n) is 13.3. The Hall–Kier alpha value is 2.49. The molecule has 23 heavy (non-hydrogen) atoms. The summed E-state index contributed by atoms with van der Waals surface area (Å²) in [5.41, 5.74) is 0. The molecular weight excluding hydrogens is 526 g/mol. The molecule has 0 aromatic carbocycles. The Balaban J connectivity index is 2.28. The van der Waals surface area contributed by atoms with Crippen LogP contribution in [-0.4, -0.2) is 48.3 Å². The summed E-state index contributed by atoms with van der Waals surface area (Å²) in [5.74, 6) is 5.91. The third-order valence-corrected chi connectivity index (χ3v) is 77.5. The average Bonchev–Trinajstić information content (AvgIpc) is 2.49. The van der Waals surface area contributed by atoms with Crippen molar-refractivity contribution in [2.45, 2.75) is 22.0 Å². The van der Waals surface area contributed by atoms with E-state index < -0.39 is 10.4 Å². The molecule has 2 atom stereocenters. The molecule has 0 saturated carbocycles. The van der Waals surface area contributed by atoms with E-state index >= 15 is 0 Å². The maximum absolute atomic E-state index is 4.01. The molecule has 2 aliphatic rings. The van der Waals surface area contributed by atoms with Crippen molar-refractivity contribution in [3.8, 4) is 0 Å². The molecule has 0 N–H and O–H groups in total. The second kappa shape index (κ2) is 10.7. The van der Waals surface area contributed by atoms with Crippen molar-refractivity contribution in [1.29, 1.82) is 0 Å². The Morgan fingerprint density at radius 2 is 1.13 bits per heavy atom. The fraction of sp³-hybridized carbons (Fsp3) is 0.600. The summed E-state index contributed by atoms with van der Waals surface area (Å²) in [4.78, 5) is 0. The van der Waals surface area contributed by atoms with Crippen molar-refractivity contribution in [3.63, 3.8) is 0 Å². The van der Waals surface area contributed by atoms with Gasteiger partial charge >= 0.3 is 167 Å². The van der Waals surface area contributed by atoms with Gasteiger partial charge in [0.15, 0.2) is 0 Å². The average molecular weight is 552 g/mol. The van der Waals surface area contributed by atoms with E-state index in [9.17, 15) is 0 Å². The number of rotatable bonds is 13. The van der Waals surface area contributed by atoms with Gasteiger partial charge in [0.25, 0.3) is 0 Å². The summed E-state index contributed by atoms with van der Waals surface area (Å²) >= 11 is 4.32. The van der Waals surface area contributed by atoms with Gasteiger partial charge in [0.05, 0.1) is 0 Å². The first-order valence-corrected chi connectivity index (χ1v) is 29.8.